The van der Waals surface area contributed by atoms with Gasteiger partial charge in [0.1, 0.15) is 0 Å². The topological polar surface area (TPSA) is 9.23 Å². The second-order valence-electron chi connectivity index (χ2n) is 2.60. The molecule has 0 aromatic rings. The van der Waals surface area contributed by atoms with Crippen LogP contribution in [0.15, 0.2) is 12.2 Å². The predicted octanol–water partition coefficient (Wildman–Crippen LogP) is 2.63. The summed E-state index contributed by atoms with van der Waals surface area (Å²) in [6.45, 7) is 5.24. The molecule has 0 spiro atoms. The van der Waals surface area contributed by atoms with Crippen LogP contribution in [0.2, 0.25) is 0 Å². The van der Waals surface area contributed by atoms with Crippen molar-refractivity contribution in [2.45, 2.75) is 26.7 Å². The number of rotatable bonds is 5. The summed E-state index contributed by atoms with van der Waals surface area (Å²) in [6.07, 6.45) is 6.73. The van der Waals surface area contributed by atoms with Gasteiger partial charge in [0.25, 0.3) is 0 Å². The van der Waals surface area contributed by atoms with Crippen molar-refractivity contribution < 1.29 is 4.74 Å². The van der Waals surface area contributed by atoms with Crippen LogP contribution in [0, 0.1) is 5.92 Å². The normalized spacial score (nSPS) is 14.3. The monoisotopic (exact) mass is 142 g/mol. The van der Waals surface area contributed by atoms with Crippen LogP contribution in [-0.2, 0) is 4.74 Å². The van der Waals surface area contributed by atoms with Crippen molar-refractivity contribution in [3.63, 3.8) is 0 Å². The Morgan fingerprint density at radius 1 is 1.50 bits per heavy atom. The molecule has 0 saturated heterocycles. The zero-order chi connectivity index (χ0) is 7.82. The molecule has 0 aliphatic rings. The lowest BCUT2D eigenvalue weighted by Gasteiger charge is -2.03. The van der Waals surface area contributed by atoms with E-state index in [0.29, 0.717) is 5.92 Å². The summed E-state index contributed by atoms with van der Waals surface area (Å²) in [5.41, 5.74) is 0. The van der Waals surface area contributed by atoms with E-state index < -0.39 is 0 Å². The number of allylic oxidation sites excluding steroid dienone is 2. The van der Waals surface area contributed by atoms with Gasteiger partial charge in [-0.25, -0.2) is 0 Å². The number of ether oxygens (including phenoxy) is 1. The van der Waals surface area contributed by atoms with Crippen molar-refractivity contribution in [2.75, 3.05) is 13.7 Å². The maximum absolute atomic E-state index is 4.96. The molecule has 0 aliphatic heterocycles. The molecule has 0 amide bonds. The third kappa shape index (κ3) is 5.83. The largest absolute Gasteiger partial charge is 0.385 e. The van der Waals surface area contributed by atoms with Gasteiger partial charge < -0.3 is 4.74 Å². The molecule has 0 fully saturated rings. The highest BCUT2D eigenvalue weighted by Crippen LogP contribution is 2.03. The van der Waals surface area contributed by atoms with E-state index in [-0.39, 0.29) is 0 Å². The molecule has 1 unspecified atom stereocenters. The minimum atomic E-state index is 0.667. The average molecular weight is 142 g/mol. The minimum absolute atomic E-state index is 0.667. The summed E-state index contributed by atoms with van der Waals surface area (Å²) >= 11 is 0. The quantitative estimate of drug-likeness (QED) is 0.536. The van der Waals surface area contributed by atoms with Gasteiger partial charge in [0.05, 0.1) is 0 Å². The van der Waals surface area contributed by atoms with Gasteiger partial charge in [0.15, 0.2) is 0 Å². The van der Waals surface area contributed by atoms with E-state index >= 15 is 0 Å². The predicted molar refractivity (Wildman–Crippen MR) is 45.1 cm³/mol. The Morgan fingerprint density at radius 2 is 2.20 bits per heavy atom. The lowest BCUT2D eigenvalue weighted by atomic mass is 10.1. The van der Waals surface area contributed by atoms with E-state index in [1.165, 1.54) is 0 Å². The molecule has 0 aromatic heterocycles. The summed E-state index contributed by atoms with van der Waals surface area (Å²) in [5, 5.41) is 0. The molecule has 1 nitrogen and oxygen atoms in total. The Balaban J connectivity index is 3.24. The number of hydrogen-bond donors (Lipinski definition) is 0. The summed E-state index contributed by atoms with van der Waals surface area (Å²) in [6, 6.07) is 0. The van der Waals surface area contributed by atoms with E-state index in [2.05, 4.69) is 26.0 Å². The van der Waals surface area contributed by atoms with Gasteiger partial charge in [-0.2, -0.15) is 0 Å². The second kappa shape index (κ2) is 6.81. The first-order chi connectivity index (χ1) is 4.81. The molecule has 0 heterocycles. The van der Waals surface area contributed by atoms with Crippen LogP contribution in [0.5, 0.6) is 0 Å². The van der Waals surface area contributed by atoms with E-state index in [4.69, 9.17) is 4.74 Å². The van der Waals surface area contributed by atoms with E-state index in [9.17, 15) is 0 Å². The number of hydrogen-bond acceptors (Lipinski definition) is 1. The van der Waals surface area contributed by atoms with E-state index in [0.717, 1.165) is 19.4 Å². The van der Waals surface area contributed by atoms with Crippen LogP contribution in [0.1, 0.15) is 26.7 Å². The second-order valence-corrected chi connectivity index (χ2v) is 2.60. The Hall–Kier alpha value is -0.300. The maximum Gasteiger partial charge on any atom is 0.0467 e. The van der Waals surface area contributed by atoms with Crippen molar-refractivity contribution in [3.05, 3.63) is 12.2 Å². The van der Waals surface area contributed by atoms with Gasteiger partial charge in [-0.05, 0) is 18.8 Å². The fourth-order valence-electron chi connectivity index (χ4n) is 0.768. The highest BCUT2D eigenvalue weighted by molar-refractivity contribution is 4.84. The van der Waals surface area contributed by atoms with Crippen LogP contribution in [0.4, 0.5) is 0 Å². The molecular formula is C9H18O. The Labute approximate surface area is 64.1 Å². The Kier molecular flexibility index (Phi) is 6.61. The van der Waals surface area contributed by atoms with Crippen LogP contribution < -0.4 is 0 Å². The summed E-state index contributed by atoms with van der Waals surface area (Å²) in [7, 11) is 1.75. The molecular weight excluding hydrogens is 124 g/mol. The molecule has 10 heavy (non-hydrogen) atoms. The van der Waals surface area contributed by atoms with Crippen LogP contribution >= 0.6 is 0 Å². The standard InChI is InChI=1S/C9H18O/c1-4-5-6-9(2)7-8-10-3/h5-6,9H,4,7-8H2,1-3H3/b6-5+. The Morgan fingerprint density at radius 3 is 2.70 bits per heavy atom. The van der Waals surface area contributed by atoms with Gasteiger partial charge in [-0.3, -0.25) is 0 Å². The lowest BCUT2D eigenvalue weighted by molar-refractivity contribution is 0.186. The summed E-state index contributed by atoms with van der Waals surface area (Å²) in [5.74, 6) is 0.667. The van der Waals surface area contributed by atoms with Gasteiger partial charge >= 0.3 is 0 Å². The first kappa shape index (κ1) is 9.70. The van der Waals surface area contributed by atoms with Crippen LogP contribution in [0.25, 0.3) is 0 Å². The highest BCUT2D eigenvalue weighted by atomic mass is 16.5. The molecule has 0 aliphatic carbocycles. The van der Waals surface area contributed by atoms with E-state index in [1.807, 2.05) is 0 Å². The summed E-state index contributed by atoms with van der Waals surface area (Å²) < 4.78 is 4.96. The van der Waals surface area contributed by atoms with Crippen LogP contribution in [-0.4, -0.2) is 13.7 Å². The van der Waals surface area contributed by atoms with Crippen LogP contribution in [0.3, 0.4) is 0 Å². The molecule has 0 radical (unpaired) electrons. The zero-order valence-electron chi connectivity index (χ0n) is 7.26. The van der Waals surface area contributed by atoms with Crippen molar-refractivity contribution in [1.29, 1.82) is 0 Å². The maximum atomic E-state index is 4.96. The Bertz CT molecular complexity index is 86.7. The highest BCUT2D eigenvalue weighted by Gasteiger charge is 1.93. The van der Waals surface area contributed by atoms with E-state index in [1.54, 1.807) is 7.11 Å². The van der Waals surface area contributed by atoms with Gasteiger partial charge in [-0.1, -0.05) is 26.0 Å². The third-order valence-electron chi connectivity index (χ3n) is 1.48. The zero-order valence-corrected chi connectivity index (χ0v) is 7.26. The van der Waals surface area contributed by atoms with Crippen molar-refractivity contribution in [3.8, 4) is 0 Å². The molecule has 0 bridgehead atoms. The molecule has 1 heteroatoms. The summed E-state index contributed by atoms with van der Waals surface area (Å²) in [4.78, 5) is 0. The molecule has 0 aromatic carbocycles. The van der Waals surface area contributed by atoms with Crippen molar-refractivity contribution in [1.82, 2.24) is 0 Å². The number of methoxy groups -OCH3 is 1. The fourth-order valence-corrected chi connectivity index (χ4v) is 0.768. The smallest absolute Gasteiger partial charge is 0.0467 e. The average Bonchev–Trinajstić information content (AvgIpc) is 1.97. The molecule has 1 atom stereocenters. The van der Waals surface area contributed by atoms with Crippen molar-refractivity contribution in [2.24, 2.45) is 5.92 Å². The first-order valence-corrected chi connectivity index (χ1v) is 3.96. The minimum Gasteiger partial charge on any atom is -0.385 e. The fraction of sp³-hybridized carbons (Fsp3) is 0.778. The molecule has 0 rings (SSSR count). The van der Waals surface area contributed by atoms with Crippen molar-refractivity contribution >= 4 is 0 Å². The van der Waals surface area contributed by atoms with Gasteiger partial charge in [0, 0.05) is 13.7 Å². The lowest BCUT2D eigenvalue weighted by Crippen LogP contribution is -1.95. The SMILES string of the molecule is CC/C=C/C(C)CCOC. The third-order valence-corrected chi connectivity index (χ3v) is 1.48. The molecule has 0 N–H and O–H groups in total. The van der Waals surface area contributed by atoms with Gasteiger partial charge in [0.2, 0.25) is 0 Å². The molecule has 0 saturated carbocycles. The van der Waals surface area contributed by atoms with Gasteiger partial charge in [-0.15, -0.1) is 0 Å². The molecule has 60 valence electrons. The first-order valence-electron chi connectivity index (χ1n) is 3.96.